The first-order chi connectivity index (χ1) is 19.8. The molecule has 0 unspecified atom stereocenters. The van der Waals surface area contributed by atoms with Crippen LogP contribution in [-0.2, 0) is 27.3 Å². The average Bonchev–Trinajstić information content (AvgIpc) is 3.44. The summed E-state index contributed by atoms with van der Waals surface area (Å²) >= 11 is 0. The molecule has 0 aliphatic heterocycles. The molecule has 1 saturated carbocycles. The fraction of sp³-hybridized carbons (Fsp3) is 0.448. The number of phenols is 1. The number of nitrogens with one attached hydrogen (secondary N) is 2. The van der Waals surface area contributed by atoms with Gasteiger partial charge in [0.2, 0.25) is 5.78 Å². The van der Waals surface area contributed by atoms with E-state index in [4.69, 9.17) is 5.73 Å². The molecular weight excluding hydrogens is 544 g/mol. The van der Waals surface area contributed by atoms with Crippen LogP contribution in [0, 0.1) is 11.8 Å². The van der Waals surface area contributed by atoms with Gasteiger partial charge in [0, 0.05) is 37.5 Å². The van der Waals surface area contributed by atoms with Gasteiger partial charge in [0.25, 0.3) is 5.91 Å². The minimum Gasteiger partial charge on any atom is -0.508 e. The van der Waals surface area contributed by atoms with E-state index >= 15 is 0 Å². The van der Waals surface area contributed by atoms with Crippen LogP contribution in [0.1, 0.15) is 37.1 Å². The molecule has 0 radical (unpaired) electrons. The first-order valence-electron chi connectivity index (χ1n) is 13.7. The number of fused-ring (bicyclic) bond motifs is 3. The SMILES string of the molecule is CC.CN(C)c1cc(NCc2ccn[nH]2)c(O)c2c1C[C@H]1C[C@H]3[C@H](N(C)C)C(=O)C(C(N)=O)=C(O)[C@@]3(O)C(=O)C1=C2O. The largest absolute Gasteiger partial charge is 0.508 e. The third-order valence-corrected chi connectivity index (χ3v) is 8.21. The van der Waals surface area contributed by atoms with Crippen LogP contribution in [0.4, 0.5) is 11.4 Å². The van der Waals surface area contributed by atoms with E-state index < -0.39 is 58.0 Å². The lowest BCUT2D eigenvalue weighted by molar-refractivity contribution is -0.153. The number of aromatic hydroxyl groups is 1. The Morgan fingerprint density at radius 1 is 1.19 bits per heavy atom. The third kappa shape index (κ3) is 4.49. The van der Waals surface area contributed by atoms with Crippen LogP contribution in [0.3, 0.4) is 0 Å². The number of aromatic amines is 1. The summed E-state index contributed by atoms with van der Waals surface area (Å²) in [5.74, 6) is -6.83. The average molecular weight is 583 g/mol. The molecule has 5 rings (SSSR count). The molecule has 2 aromatic rings. The molecule has 3 aliphatic rings. The summed E-state index contributed by atoms with van der Waals surface area (Å²) in [5, 5.41) is 55.4. The third-order valence-electron chi connectivity index (χ3n) is 8.21. The van der Waals surface area contributed by atoms with Gasteiger partial charge >= 0.3 is 0 Å². The number of anilines is 2. The Kier molecular flexibility index (Phi) is 8.11. The number of nitrogens with zero attached hydrogens (tertiary/aromatic N) is 3. The van der Waals surface area contributed by atoms with Gasteiger partial charge < -0.3 is 36.4 Å². The molecular formula is C29H38N6O7. The number of aliphatic hydroxyl groups is 3. The van der Waals surface area contributed by atoms with Crippen LogP contribution < -0.4 is 16.0 Å². The van der Waals surface area contributed by atoms with Crippen LogP contribution in [0.2, 0.25) is 0 Å². The van der Waals surface area contributed by atoms with Gasteiger partial charge in [-0.25, -0.2) is 0 Å². The van der Waals surface area contributed by atoms with E-state index in [1.165, 1.54) is 4.90 Å². The molecule has 1 fully saturated rings. The number of hydrogen-bond acceptors (Lipinski definition) is 11. The van der Waals surface area contributed by atoms with Crippen molar-refractivity contribution in [2.24, 2.45) is 17.6 Å². The van der Waals surface area contributed by atoms with E-state index in [0.29, 0.717) is 11.3 Å². The molecule has 4 atom stereocenters. The number of ketones is 2. The van der Waals surface area contributed by atoms with Crippen molar-refractivity contribution in [2.45, 2.75) is 44.9 Å². The minimum atomic E-state index is -2.68. The Balaban J connectivity index is 0.00000198. The summed E-state index contributed by atoms with van der Waals surface area (Å²) in [6.07, 6.45) is 1.82. The molecule has 226 valence electrons. The Morgan fingerprint density at radius 3 is 2.40 bits per heavy atom. The van der Waals surface area contributed by atoms with E-state index in [9.17, 15) is 34.8 Å². The number of hydrogen-bond donors (Lipinski definition) is 7. The molecule has 42 heavy (non-hydrogen) atoms. The van der Waals surface area contributed by atoms with Crippen molar-refractivity contribution in [2.75, 3.05) is 38.4 Å². The zero-order chi connectivity index (χ0) is 31.3. The number of carbonyl (C=O) groups excluding carboxylic acids is 3. The molecule has 1 aromatic heterocycles. The Morgan fingerprint density at radius 2 is 1.86 bits per heavy atom. The van der Waals surface area contributed by atoms with E-state index in [-0.39, 0.29) is 42.0 Å². The van der Waals surface area contributed by atoms with Crippen LogP contribution >= 0.6 is 0 Å². The molecule has 13 heteroatoms. The van der Waals surface area contributed by atoms with Crippen molar-refractivity contribution in [1.82, 2.24) is 15.1 Å². The molecule has 0 spiro atoms. The second-order valence-corrected chi connectivity index (χ2v) is 10.9. The minimum absolute atomic E-state index is 0.0228. The zero-order valence-corrected chi connectivity index (χ0v) is 24.5. The highest BCUT2D eigenvalue weighted by molar-refractivity contribution is 6.24. The number of amides is 1. The number of likely N-dealkylation sites (N-methyl/N-ethyl adjacent to an activating group) is 1. The quantitative estimate of drug-likeness (QED) is 0.191. The Hall–Kier alpha value is -4.36. The van der Waals surface area contributed by atoms with Crippen molar-refractivity contribution in [3.05, 3.63) is 52.1 Å². The summed E-state index contributed by atoms with van der Waals surface area (Å²) in [5.41, 5.74) is 3.98. The molecule has 8 N–H and O–H groups in total. The number of aromatic nitrogens is 2. The monoisotopic (exact) mass is 582 g/mol. The van der Waals surface area contributed by atoms with Gasteiger partial charge in [-0.2, -0.15) is 5.10 Å². The number of nitrogens with two attached hydrogens (primary N) is 1. The lowest BCUT2D eigenvalue weighted by Gasteiger charge is -2.50. The molecule has 1 heterocycles. The van der Waals surface area contributed by atoms with Gasteiger partial charge in [0.05, 0.1) is 29.5 Å². The van der Waals surface area contributed by atoms with Crippen molar-refractivity contribution in [3.63, 3.8) is 0 Å². The van der Waals surface area contributed by atoms with Crippen molar-refractivity contribution >= 4 is 34.6 Å². The number of aliphatic hydroxyl groups excluding tert-OH is 2. The van der Waals surface area contributed by atoms with E-state index in [2.05, 4.69) is 15.5 Å². The number of phenolic OH excluding ortho intramolecular Hbond substituents is 1. The molecule has 0 saturated heterocycles. The van der Waals surface area contributed by atoms with Gasteiger partial charge in [-0.3, -0.25) is 24.4 Å². The zero-order valence-electron chi connectivity index (χ0n) is 24.5. The normalized spacial score (nSPS) is 24.9. The summed E-state index contributed by atoms with van der Waals surface area (Å²) < 4.78 is 0. The van der Waals surface area contributed by atoms with Crippen LogP contribution in [-0.4, -0.2) is 92.8 Å². The van der Waals surface area contributed by atoms with Crippen molar-refractivity contribution < 1.29 is 34.8 Å². The van der Waals surface area contributed by atoms with E-state index in [0.717, 1.165) is 5.69 Å². The predicted molar refractivity (Wildman–Crippen MR) is 156 cm³/mol. The summed E-state index contributed by atoms with van der Waals surface area (Å²) in [7, 11) is 6.74. The van der Waals surface area contributed by atoms with Crippen LogP contribution in [0.25, 0.3) is 5.76 Å². The topological polar surface area (TPSA) is 205 Å². The van der Waals surface area contributed by atoms with Crippen LogP contribution in [0.5, 0.6) is 5.75 Å². The van der Waals surface area contributed by atoms with E-state index in [1.54, 1.807) is 32.4 Å². The summed E-state index contributed by atoms with van der Waals surface area (Å²) in [6, 6.07) is 2.37. The summed E-state index contributed by atoms with van der Waals surface area (Å²) in [4.78, 5) is 42.7. The van der Waals surface area contributed by atoms with Gasteiger partial charge in [0.1, 0.15) is 22.8 Å². The van der Waals surface area contributed by atoms with Gasteiger partial charge in [-0.05, 0) is 50.6 Å². The molecule has 1 aromatic carbocycles. The fourth-order valence-corrected chi connectivity index (χ4v) is 6.40. The van der Waals surface area contributed by atoms with E-state index in [1.807, 2.05) is 32.8 Å². The van der Waals surface area contributed by atoms with Crippen LogP contribution in [0.15, 0.2) is 35.2 Å². The second-order valence-electron chi connectivity index (χ2n) is 10.9. The maximum Gasteiger partial charge on any atom is 0.255 e. The number of rotatable bonds is 6. The molecule has 0 bridgehead atoms. The second kappa shape index (κ2) is 11.1. The van der Waals surface area contributed by atoms with Gasteiger partial charge in [0.15, 0.2) is 11.4 Å². The highest BCUT2D eigenvalue weighted by atomic mass is 16.3. The standard InChI is InChI=1S/C27H32N6O7.C2H6/c1-32(2)16-9-15(29-10-12-5-6-30-31-12)21(34)18-13(16)7-11-8-14-20(33(3)4)23(36)19(26(28)39)25(38)27(14,40)24(37)17(11)22(18)35;1-2/h5-6,9,11,14,20,29,34-35,38,40H,7-8,10H2,1-4H3,(H2,28,39)(H,30,31);1-2H3/t11-,14-,20-,27-;/m0./s1. The molecule has 3 aliphatic carbocycles. The highest BCUT2D eigenvalue weighted by Crippen LogP contribution is 2.54. The first kappa shape index (κ1) is 30.6. The number of primary amides is 1. The highest BCUT2D eigenvalue weighted by Gasteiger charge is 2.64. The van der Waals surface area contributed by atoms with Gasteiger partial charge in [-0.15, -0.1) is 0 Å². The van der Waals surface area contributed by atoms with Crippen molar-refractivity contribution in [1.29, 1.82) is 0 Å². The summed E-state index contributed by atoms with van der Waals surface area (Å²) in [6.45, 7) is 4.29. The first-order valence-corrected chi connectivity index (χ1v) is 13.7. The maximum atomic E-state index is 14.0. The maximum absolute atomic E-state index is 14.0. The molecule has 13 nitrogen and oxygen atoms in total. The number of carbonyl (C=O) groups is 3. The number of Topliss-reactive ketones (excluding diaryl/α,β-unsaturated/α-hetero) is 2. The smallest absolute Gasteiger partial charge is 0.255 e. The predicted octanol–water partition coefficient (Wildman–Crippen LogP) is 1.39. The molecule has 1 amide bonds. The number of benzene rings is 1. The van der Waals surface area contributed by atoms with Gasteiger partial charge in [-0.1, -0.05) is 13.8 Å². The lowest BCUT2D eigenvalue weighted by Crippen LogP contribution is -2.65. The fourth-order valence-electron chi connectivity index (χ4n) is 6.40. The Bertz CT molecular complexity index is 1490. The van der Waals surface area contributed by atoms with Crippen molar-refractivity contribution in [3.8, 4) is 5.75 Å². The number of H-pyrrole nitrogens is 1. The lowest BCUT2D eigenvalue weighted by atomic mass is 9.57. The Labute approximate surface area is 243 Å².